The summed E-state index contributed by atoms with van der Waals surface area (Å²) in [5.74, 6) is 0. The zero-order valence-corrected chi connectivity index (χ0v) is 7.63. The van der Waals surface area contributed by atoms with Gasteiger partial charge in [-0.25, -0.2) is 0 Å². The summed E-state index contributed by atoms with van der Waals surface area (Å²) in [4.78, 5) is 0. The minimum absolute atomic E-state index is 0.630. The van der Waals surface area contributed by atoms with Crippen LogP contribution in [0.5, 0.6) is 0 Å². The summed E-state index contributed by atoms with van der Waals surface area (Å²) in [7, 11) is 5.52. The van der Waals surface area contributed by atoms with Crippen molar-refractivity contribution in [2.45, 2.75) is 0 Å². The van der Waals surface area contributed by atoms with Gasteiger partial charge in [-0.05, 0) is 34.2 Å². The van der Waals surface area contributed by atoms with E-state index in [-0.39, 0.29) is 0 Å². The quantitative estimate of drug-likeness (QED) is 0.522. The minimum atomic E-state index is 0.630. The average molecular weight is 240 g/mol. The Morgan fingerprint density at radius 1 is 1.40 bits per heavy atom. The molecule has 0 nitrogen and oxygen atoms in total. The van der Waals surface area contributed by atoms with Crippen molar-refractivity contribution < 1.29 is 0 Å². The second kappa shape index (κ2) is 3.24. The third-order valence-electron chi connectivity index (χ3n) is 1.22. The van der Waals surface area contributed by atoms with Crippen molar-refractivity contribution in [2.75, 3.05) is 0 Å². The molecule has 0 fully saturated rings. The van der Waals surface area contributed by atoms with Crippen LogP contribution < -0.4 is 0 Å². The smallest absolute Gasteiger partial charge is 0.106 e. The van der Waals surface area contributed by atoms with Crippen LogP contribution in [0.25, 0.3) is 5.47 Å². The van der Waals surface area contributed by atoms with Crippen LogP contribution in [0, 0.1) is 3.57 Å². The zero-order chi connectivity index (χ0) is 7.56. The molecule has 0 atom stereocenters. The second-order valence-corrected chi connectivity index (χ2v) is 3.17. The van der Waals surface area contributed by atoms with Crippen molar-refractivity contribution in [3.8, 4) is 0 Å². The van der Waals surface area contributed by atoms with Gasteiger partial charge < -0.3 is 0 Å². The molecular weight excluding hydrogens is 234 g/mol. The highest BCUT2D eigenvalue weighted by atomic mass is 127. The van der Waals surface area contributed by atoms with E-state index in [4.69, 9.17) is 7.85 Å². The van der Waals surface area contributed by atoms with E-state index in [0.29, 0.717) is 5.47 Å². The molecule has 0 spiro atoms. The maximum atomic E-state index is 5.52. The molecule has 0 unspecified atom stereocenters. The first-order valence-corrected chi connectivity index (χ1v) is 3.99. The fourth-order valence-corrected chi connectivity index (χ4v) is 1.46. The van der Waals surface area contributed by atoms with Gasteiger partial charge in [0, 0.05) is 3.57 Å². The Morgan fingerprint density at radius 2 is 2.00 bits per heavy atom. The molecule has 0 bridgehead atoms. The van der Waals surface area contributed by atoms with E-state index in [1.54, 1.807) is 0 Å². The highest BCUT2D eigenvalue weighted by Crippen LogP contribution is 2.16. The molecule has 1 aromatic rings. The SMILES string of the molecule is [B]C(=C)c1ccccc1I. The molecular formula is C8H6BI. The van der Waals surface area contributed by atoms with Gasteiger partial charge in [-0.15, -0.1) is 6.58 Å². The first kappa shape index (κ1) is 7.86. The second-order valence-electron chi connectivity index (χ2n) is 2.01. The van der Waals surface area contributed by atoms with Gasteiger partial charge in [-0.3, -0.25) is 0 Å². The van der Waals surface area contributed by atoms with Crippen LogP contribution in [0.3, 0.4) is 0 Å². The van der Waals surface area contributed by atoms with Crippen LogP contribution in [-0.2, 0) is 0 Å². The summed E-state index contributed by atoms with van der Waals surface area (Å²) < 4.78 is 1.15. The Bertz CT molecular complexity index is 255. The predicted molar refractivity (Wildman–Crippen MR) is 53.9 cm³/mol. The van der Waals surface area contributed by atoms with E-state index in [0.717, 1.165) is 9.13 Å². The van der Waals surface area contributed by atoms with E-state index in [1.165, 1.54) is 0 Å². The standard InChI is InChI=1S/C8H6BI/c1-6(9)7-4-2-3-5-8(7)10/h2-5H,1H2. The highest BCUT2D eigenvalue weighted by molar-refractivity contribution is 14.1. The van der Waals surface area contributed by atoms with Gasteiger partial charge in [0.2, 0.25) is 0 Å². The van der Waals surface area contributed by atoms with Gasteiger partial charge >= 0.3 is 0 Å². The van der Waals surface area contributed by atoms with Crippen LogP contribution in [-0.4, -0.2) is 7.85 Å². The third-order valence-corrected chi connectivity index (χ3v) is 2.16. The largest absolute Gasteiger partial charge is 0.113 e. The summed E-state index contributed by atoms with van der Waals surface area (Å²) in [5.41, 5.74) is 1.66. The number of halogens is 1. The van der Waals surface area contributed by atoms with Crippen LogP contribution in [0.4, 0.5) is 0 Å². The number of benzene rings is 1. The molecule has 1 aromatic carbocycles. The Balaban J connectivity index is 3.15. The summed E-state index contributed by atoms with van der Waals surface area (Å²) in [5, 5.41) is 0. The fraction of sp³-hybridized carbons (Fsp3) is 0. The number of hydrogen-bond donors (Lipinski definition) is 0. The lowest BCUT2D eigenvalue weighted by Gasteiger charge is -2.00. The first-order valence-electron chi connectivity index (χ1n) is 2.91. The molecule has 0 saturated carbocycles. The minimum Gasteiger partial charge on any atom is -0.106 e. The Kier molecular flexibility index (Phi) is 2.54. The highest BCUT2D eigenvalue weighted by Gasteiger charge is 1.95. The Hall–Kier alpha value is -0.245. The predicted octanol–water partition coefficient (Wildman–Crippen LogP) is 2.43. The Morgan fingerprint density at radius 3 is 2.40 bits per heavy atom. The molecule has 0 saturated heterocycles. The normalized spacial score (nSPS) is 9.30. The third kappa shape index (κ3) is 1.63. The molecule has 0 aromatic heterocycles. The molecule has 0 aliphatic rings. The van der Waals surface area contributed by atoms with Gasteiger partial charge in [0.25, 0.3) is 0 Å². The molecule has 0 N–H and O–H groups in total. The van der Waals surface area contributed by atoms with Crippen LogP contribution in [0.2, 0.25) is 0 Å². The average Bonchev–Trinajstić information content (AvgIpc) is 1.88. The van der Waals surface area contributed by atoms with E-state index < -0.39 is 0 Å². The maximum absolute atomic E-state index is 5.52. The lowest BCUT2D eigenvalue weighted by molar-refractivity contribution is 1.59. The molecule has 1 rings (SSSR count). The summed E-state index contributed by atoms with van der Waals surface area (Å²) in [6, 6.07) is 7.90. The molecule has 0 amide bonds. The first-order chi connectivity index (χ1) is 4.72. The number of rotatable bonds is 1. The maximum Gasteiger partial charge on any atom is 0.113 e. The lowest BCUT2D eigenvalue weighted by Crippen LogP contribution is -1.84. The lowest BCUT2D eigenvalue weighted by atomic mass is 9.90. The van der Waals surface area contributed by atoms with Crippen molar-refractivity contribution >= 4 is 35.9 Å². The molecule has 2 heteroatoms. The van der Waals surface area contributed by atoms with Gasteiger partial charge in [0.15, 0.2) is 0 Å². The van der Waals surface area contributed by atoms with Gasteiger partial charge in [-0.2, -0.15) is 0 Å². The van der Waals surface area contributed by atoms with Gasteiger partial charge in [-0.1, -0.05) is 23.7 Å². The van der Waals surface area contributed by atoms with Crippen LogP contribution >= 0.6 is 22.6 Å². The van der Waals surface area contributed by atoms with E-state index in [2.05, 4.69) is 29.2 Å². The van der Waals surface area contributed by atoms with Gasteiger partial charge in [0.1, 0.15) is 7.85 Å². The molecule has 48 valence electrons. The van der Waals surface area contributed by atoms with Gasteiger partial charge in [0.05, 0.1) is 0 Å². The van der Waals surface area contributed by atoms with E-state index >= 15 is 0 Å². The fourth-order valence-electron chi connectivity index (χ4n) is 0.722. The molecule has 0 aliphatic heterocycles. The van der Waals surface area contributed by atoms with Crippen molar-refractivity contribution in [3.05, 3.63) is 40.0 Å². The van der Waals surface area contributed by atoms with Crippen LogP contribution in [0.15, 0.2) is 30.8 Å². The van der Waals surface area contributed by atoms with Crippen molar-refractivity contribution in [2.24, 2.45) is 0 Å². The van der Waals surface area contributed by atoms with Crippen molar-refractivity contribution in [1.82, 2.24) is 0 Å². The summed E-state index contributed by atoms with van der Waals surface area (Å²) >= 11 is 2.23. The summed E-state index contributed by atoms with van der Waals surface area (Å²) in [6.45, 7) is 3.66. The zero-order valence-electron chi connectivity index (χ0n) is 5.47. The van der Waals surface area contributed by atoms with E-state index in [1.807, 2.05) is 24.3 Å². The molecule has 0 heterocycles. The molecule has 10 heavy (non-hydrogen) atoms. The topological polar surface area (TPSA) is 0 Å². The summed E-state index contributed by atoms with van der Waals surface area (Å²) in [6.07, 6.45) is 0. The Labute approximate surface area is 75.9 Å². The monoisotopic (exact) mass is 240 g/mol. The van der Waals surface area contributed by atoms with Crippen LogP contribution in [0.1, 0.15) is 5.56 Å². The number of hydrogen-bond acceptors (Lipinski definition) is 0. The van der Waals surface area contributed by atoms with E-state index in [9.17, 15) is 0 Å². The van der Waals surface area contributed by atoms with Crippen molar-refractivity contribution in [3.63, 3.8) is 0 Å². The molecule has 0 aliphatic carbocycles. The molecule has 2 radical (unpaired) electrons. The van der Waals surface area contributed by atoms with Crippen molar-refractivity contribution in [1.29, 1.82) is 0 Å².